The van der Waals surface area contributed by atoms with E-state index in [0.717, 1.165) is 15.6 Å². The summed E-state index contributed by atoms with van der Waals surface area (Å²) in [5, 5.41) is 0. The van der Waals surface area contributed by atoms with E-state index in [2.05, 4.69) is 20.8 Å². The first-order chi connectivity index (χ1) is 15.5. The normalized spacial score (nSPS) is 15.0. The molecule has 0 aliphatic carbocycles. The van der Waals surface area contributed by atoms with E-state index in [1.54, 1.807) is 36.1 Å². The van der Waals surface area contributed by atoms with Gasteiger partial charge in [-0.25, -0.2) is 4.39 Å². The van der Waals surface area contributed by atoms with Gasteiger partial charge in [-0.3, -0.25) is 14.2 Å². The molecule has 10 heteroatoms. The average molecular weight is 543 g/mol. The topological polar surface area (TPSA) is 87.2 Å². The molecule has 1 N–H and O–H groups in total. The molecule has 0 aromatic heterocycles. The van der Waals surface area contributed by atoms with Gasteiger partial charge in [-0.05, 0) is 66.8 Å². The predicted octanol–water partition coefficient (Wildman–Crippen LogP) is 3.36. The van der Waals surface area contributed by atoms with Gasteiger partial charge in [0.2, 0.25) is 0 Å². The second kappa shape index (κ2) is 10.9. The zero-order chi connectivity index (χ0) is 24.2. The molecule has 1 amide bonds. The van der Waals surface area contributed by atoms with E-state index in [1.165, 1.54) is 0 Å². The number of rotatable bonds is 8. The summed E-state index contributed by atoms with van der Waals surface area (Å²) in [5.41, 5.74) is 3.23. The minimum Gasteiger partial charge on any atom is -0.483 e. The lowest BCUT2D eigenvalue weighted by Crippen LogP contribution is -2.49. The van der Waals surface area contributed by atoms with Crippen LogP contribution >= 0.6 is 15.9 Å². The van der Waals surface area contributed by atoms with Gasteiger partial charge in [0, 0.05) is 37.2 Å². The van der Waals surface area contributed by atoms with E-state index in [0.29, 0.717) is 49.6 Å². The van der Waals surface area contributed by atoms with E-state index >= 15 is 0 Å². The molecule has 33 heavy (non-hydrogen) atoms. The van der Waals surface area contributed by atoms with Crippen LogP contribution in [0.25, 0.3) is 0 Å². The number of hydrogen-bond donors (Lipinski definition) is 1. The van der Waals surface area contributed by atoms with Crippen molar-refractivity contribution >= 4 is 32.0 Å². The van der Waals surface area contributed by atoms with Crippen LogP contribution in [0.2, 0.25) is 0 Å². The molecule has 7 nitrogen and oxygen atoms in total. The third-order valence-electron chi connectivity index (χ3n) is 5.74. The largest absolute Gasteiger partial charge is 0.483 e. The smallest absolute Gasteiger partial charge is 0.265 e. The number of halogens is 2. The molecule has 0 bridgehead atoms. The maximum absolute atomic E-state index is 13.7. The Kier molecular flexibility index (Phi) is 8.49. The highest BCUT2D eigenvalue weighted by atomic mass is 79.9. The minimum absolute atomic E-state index is 0.0722. The Bertz CT molecular complexity index is 1120. The second-order valence-electron chi connectivity index (χ2n) is 8.26. The van der Waals surface area contributed by atoms with Crippen molar-refractivity contribution in [1.29, 1.82) is 0 Å². The maximum atomic E-state index is 13.7. The van der Waals surface area contributed by atoms with E-state index in [9.17, 15) is 17.6 Å². The lowest BCUT2D eigenvalue weighted by atomic mass is 10.0. The number of carbonyl (C=O) groups is 1. The van der Waals surface area contributed by atoms with Gasteiger partial charge in [-0.15, -0.1) is 0 Å². The van der Waals surface area contributed by atoms with Crippen molar-refractivity contribution in [3.8, 4) is 5.75 Å². The van der Waals surface area contributed by atoms with Crippen LogP contribution in [0.1, 0.15) is 22.3 Å². The van der Waals surface area contributed by atoms with Gasteiger partial charge >= 0.3 is 0 Å². The summed E-state index contributed by atoms with van der Waals surface area (Å²) >= 11 is 3.33. The van der Waals surface area contributed by atoms with Gasteiger partial charge in [0.15, 0.2) is 6.61 Å². The molecule has 2 aromatic rings. The van der Waals surface area contributed by atoms with Gasteiger partial charge in [0.25, 0.3) is 16.0 Å². The SMILES string of the molecule is Cc1cc(CN2CCN(C(=O)COc3ccc(Br)cc3CCS(=O)(=O)O)CC2)c(C)cc1F. The first-order valence-corrected chi connectivity index (χ1v) is 13.0. The first-order valence-electron chi connectivity index (χ1n) is 10.6. The zero-order valence-electron chi connectivity index (χ0n) is 18.7. The van der Waals surface area contributed by atoms with Crippen molar-refractivity contribution < 1.29 is 26.9 Å². The van der Waals surface area contributed by atoms with Gasteiger partial charge < -0.3 is 9.64 Å². The molecule has 0 atom stereocenters. The number of carbonyl (C=O) groups excluding carboxylic acids is 1. The molecular formula is C23H28BrFN2O5S. The van der Waals surface area contributed by atoms with Crippen LogP contribution in [-0.2, 0) is 27.9 Å². The number of hydrogen-bond acceptors (Lipinski definition) is 5. The molecule has 1 aliphatic heterocycles. The minimum atomic E-state index is -4.10. The van der Waals surface area contributed by atoms with Crippen molar-refractivity contribution in [3.05, 3.63) is 62.9 Å². The third kappa shape index (κ3) is 7.49. The summed E-state index contributed by atoms with van der Waals surface area (Å²) < 4.78 is 51.3. The number of amides is 1. The van der Waals surface area contributed by atoms with Crippen LogP contribution < -0.4 is 4.74 Å². The number of piperazine rings is 1. The Balaban J connectivity index is 1.52. The standard InChI is InChI=1S/C23H28BrFN2O5S/c1-16-12-21(25)17(2)11-19(16)14-26-6-8-27(9-7-26)23(28)15-32-22-4-3-20(24)13-18(22)5-10-33(29,30)31/h3-4,11-13H,5-10,14-15H2,1-2H3,(H,29,30,31). The summed E-state index contributed by atoms with van der Waals surface area (Å²) in [4.78, 5) is 16.7. The molecule has 1 heterocycles. The molecule has 1 fully saturated rings. The van der Waals surface area contributed by atoms with Gasteiger partial charge in [0.05, 0.1) is 5.75 Å². The monoisotopic (exact) mass is 542 g/mol. The van der Waals surface area contributed by atoms with Crippen LogP contribution in [0, 0.1) is 19.7 Å². The third-order valence-corrected chi connectivity index (χ3v) is 6.95. The Morgan fingerprint density at radius 3 is 2.45 bits per heavy atom. The summed E-state index contributed by atoms with van der Waals surface area (Å²) in [5.74, 6) is -0.357. The van der Waals surface area contributed by atoms with Crippen LogP contribution in [0.15, 0.2) is 34.8 Å². The first kappa shape index (κ1) is 25.6. The highest BCUT2D eigenvalue weighted by Gasteiger charge is 2.22. The summed E-state index contributed by atoms with van der Waals surface area (Å²) in [7, 11) is -4.10. The number of ether oxygens (including phenoxy) is 1. The van der Waals surface area contributed by atoms with Gasteiger partial charge in [-0.2, -0.15) is 8.42 Å². The quantitative estimate of drug-likeness (QED) is 0.514. The van der Waals surface area contributed by atoms with E-state index < -0.39 is 15.9 Å². The lowest BCUT2D eigenvalue weighted by Gasteiger charge is -2.35. The number of nitrogens with zero attached hydrogens (tertiary/aromatic N) is 2. The van der Waals surface area contributed by atoms with Crippen molar-refractivity contribution in [2.24, 2.45) is 0 Å². The molecule has 2 aromatic carbocycles. The van der Waals surface area contributed by atoms with Crippen LogP contribution in [-0.4, -0.2) is 67.2 Å². The van der Waals surface area contributed by atoms with Crippen molar-refractivity contribution in [2.75, 3.05) is 38.5 Å². The highest BCUT2D eigenvalue weighted by Crippen LogP contribution is 2.24. The molecule has 0 spiro atoms. The Hall–Kier alpha value is -2.01. The molecule has 1 aliphatic rings. The summed E-state index contributed by atoms with van der Waals surface area (Å²) in [6.07, 6.45) is 0.0722. The van der Waals surface area contributed by atoms with Crippen LogP contribution in [0.5, 0.6) is 5.75 Å². The van der Waals surface area contributed by atoms with Crippen molar-refractivity contribution in [3.63, 3.8) is 0 Å². The van der Waals surface area contributed by atoms with E-state index in [-0.39, 0.29) is 24.8 Å². The Labute approximate surface area is 202 Å². The van der Waals surface area contributed by atoms with Crippen LogP contribution in [0.3, 0.4) is 0 Å². The molecule has 0 saturated carbocycles. The molecule has 0 radical (unpaired) electrons. The number of aryl methyl sites for hydroxylation is 3. The van der Waals surface area contributed by atoms with Gasteiger partial charge in [0.1, 0.15) is 11.6 Å². The van der Waals surface area contributed by atoms with Crippen molar-refractivity contribution in [1.82, 2.24) is 9.80 Å². The molecular weight excluding hydrogens is 515 g/mol. The van der Waals surface area contributed by atoms with E-state index in [4.69, 9.17) is 9.29 Å². The predicted molar refractivity (Wildman–Crippen MR) is 127 cm³/mol. The van der Waals surface area contributed by atoms with E-state index in [1.807, 2.05) is 13.0 Å². The Morgan fingerprint density at radius 2 is 1.79 bits per heavy atom. The average Bonchev–Trinajstić information content (AvgIpc) is 2.75. The molecule has 3 rings (SSSR count). The Morgan fingerprint density at radius 1 is 1.09 bits per heavy atom. The van der Waals surface area contributed by atoms with Crippen molar-refractivity contribution in [2.45, 2.75) is 26.8 Å². The summed E-state index contributed by atoms with van der Waals surface area (Å²) in [6.45, 7) is 6.77. The zero-order valence-corrected chi connectivity index (χ0v) is 21.1. The fraction of sp³-hybridized carbons (Fsp3) is 0.435. The lowest BCUT2D eigenvalue weighted by molar-refractivity contribution is -0.135. The molecule has 1 saturated heterocycles. The maximum Gasteiger partial charge on any atom is 0.265 e. The second-order valence-corrected chi connectivity index (χ2v) is 10.7. The fourth-order valence-corrected chi connectivity index (χ4v) is 4.65. The highest BCUT2D eigenvalue weighted by molar-refractivity contribution is 9.10. The fourth-order valence-electron chi connectivity index (χ4n) is 3.76. The summed E-state index contributed by atoms with van der Waals surface area (Å²) in [6, 6.07) is 8.57. The molecule has 0 unspecified atom stereocenters. The van der Waals surface area contributed by atoms with Crippen LogP contribution in [0.4, 0.5) is 4.39 Å². The van der Waals surface area contributed by atoms with Gasteiger partial charge in [-0.1, -0.05) is 22.0 Å². The number of benzene rings is 2. The molecule has 180 valence electrons.